The molecule has 0 aliphatic rings. The summed E-state index contributed by atoms with van der Waals surface area (Å²) in [7, 11) is 0. The normalized spacial score (nSPS) is 12.4. The van der Waals surface area contributed by atoms with Crippen LogP contribution < -0.4 is 0 Å². The molecule has 0 bridgehead atoms. The van der Waals surface area contributed by atoms with Gasteiger partial charge in [-0.3, -0.25) is 0 Å². The summed E-state index contributed by atoms with van der Waals surface area (Å²) in [5.41, 5.74) is 1.32. The van der Waals surface area contributed by atoms with Crippen molar-refractivity contribution in [2.75, 3.05) is 6.61 Å². The van der Waals surface area contributed by atoms with E-state index in [1.165, 1.54) is 6.08 Å². The van der Waals surface area contributed by atoms with Gasteiger partial charge in [0.05, 0.1) is 6.61 Å². The first-order valence-electron chi connectivity index (χ1n) is 7.36. The van der Waals surface area contributed by atoms with Crippen LogP contribution in [0.25, 0.3) is 17.5 Å². The van der Waals surface area contributed by atoms with Crippen LogP contribution in [0.3, 0.4) is 0 Å². The summed E-state index contributed by atoms with van der Waals surface area (Å²) in [6, 6.07) is 6.87. The minimum atomic E-state index is -1.93. The molecule has 1 heterocycles. The Kier molecular flexibility index (Phi) is 7.59. The number of rotatable bonds is 4. The van der Waals surface area contributed by atoms with Crippen LogP contribution in [0.4, 0.5) is 0 Å². The fraction of sp³-hybridized carbons (Fsp3) is 0.250. The molecule has 0 saturated heterocycles. The first-order valence-corrected chi connectivity index (χ1v) is 9.63. The van der Waals surface area contributed by atoms with E-state index in [0.717, 1.165) is 5.56 Å². The minimum absolute atomic E-state index is 0.161. The zero-order valence-electron chi connectivity index (χ0n) is 13.6. The Morgan fingerprint density at radius 3 is 1.93 bits per heavy atom. The predicted molar refractivity (Wildman–Crippen MR) is 109 cm³/mol. The molecule has 0 spiro atoms. The van der Waals surface area contributed by atoms with Crippen molar-refractivity contribution < 1.29 is 9.53 Å². The molecule has 0 atom stereocenters. The van der Waals surface area contributed by atoms with E-state index in [9.17, 15) is 4.79 Å². The zero-order valence-corrected chi connectivity index (χ0v) is 18.1. The molecule has 0 N–H and O–H groups in total. The van der Waals surface area contributed by atoms with E-state index in [1.807, 2.05) is 0 Å². The highest BCUT2D eigenvalue weighted by atomic mass is 35.6. The Morgan fingerprint density at radius 2 is 1.48 bits per heavy atom. The van der Waals surface area contributed by atoms with E-state index in [0.29, 0.717) is 12.2 Å². The molecular formula is C16H11Cl6N3O2. The number of nitrogens with zero attached hydrogens (tertiary/aromatic N) is 3. The van der Waals surface area contributed by atoms with Crippen molar-refractivity contribution in [3.63, 3.8) is 0 Å². The van der Waals surface area contributed by atoms with Crippen LogP contribution in [0.2, 0.25) is 0 Å². The van der Waals surface area contributed by atoms with Crippen LogP contribution in [0.5, 0.6) is 0 Å². The molecule has 11 heteroatoms. The summed E-state index contributed by atoms with van der Waals surface area (Å²) in [6.07, 6.45) is 2.93. The van der Waals surface area contributed by atoms with Gasteiger partial charge in [0.1, 0.15) is 0 Å². The maximum Gasteiger partial charge on any atom is 0.330 e. The van der Waals surface area contributed by atoms with Crippen molar-refractivity contribution >= 4 is 81.7 Å². The topological polar surface area (TPSA) is 65.0 Å². The van der Waals surface area contributed by atoms with Gasteiger partial charge in [0.2, 0.25) is 7.59 Å². The fourth-order valence-corrected chi connectivity index (χ4v) is 2.36. The third kappa shape index (κ3) is 6.63. The third-order valence-electron chi connectivity index (χ3n) is 3.01. The maximum absolute atomic E-state index is 11.4. The predicted octanol–water partition coefficient (Wildman–Crippen LogP) is 5.77. The standard InChI is InChI=1S/C16H11Cl6N3O2/c1-2-27-11(26)8-5-9-3-6-10(7-4-9)12-23-13(15(17,18)19)25-14(24-12)16(20,21)22/h3-8H,2H2,1H3/b8-5+. The molecule has 0 saturated carbocycles. The number of carbonyl (C=O) groups is 1. The zero-order chi connectivity index (χ0) is 20.2. The Labute approximate surface area is 185 Å². The highest BCUT2D eigenvalue weighted by molar-refractivity contribution is 6.67. The van der Waals surface area contributed by atoms with Crippen LogP contribution in [0, 0.1) is 0 Å². The summed E-state index contributed by atoms with van der Waals surface area (Å²) in [4.78, 5) is 23.5. The largest absolute Gasteiger partial charge is 0.463 e. The van der Waals surface area contributed by atoms with Gasteiger partial charge in [-0.1, -0.05) is 93.9 Å². The Hall–Kier alpha value is -0.820. The number of halogens is 6. The molecule has 1 aromatic heterocycles. The van der Waals surface area contributed by atoms with Crippen LogP contribution in [-0.4, -0.2) is 27.5 Å². The molecule has 5 nitrogen and oxygen atoms in total. The summed E-state index contributed by atoms with van der Waals surface area (Å²) in [5.74, 6) is -0.623. The van der Waals surface area contributed by atoms with Crippen LogP contribution >= 0.6 is 69.6 Å². The fourth-order valence-electron chi connectivity index (χ4n) is 1.86. The SMILES string of the molecule is CCOC(=O)/C=C/c1ccc(-c2nc(C(Cl)(Cl)Cl)nc(C(Cl)(Cl)Cl)n2)cc1. The number of hydrogen-bond donors (Lipinski definition) is 0. The van der Waals surface area contributed by atoms with E-state index in [2.05, 4.69) is 15.0 Å². The molecule has 2 rings (SSSR count). The number of alkyl halides is 6. The molecule has 0 amide bonds. The summed E-state index contributed by atoms with van der Waals surface area (Å²) >= 11 is 35.1. The average Bonchev–Trinajstić information content (AvgIpc) is 2.59. The first kappa shape index (κ1) is 22.5. The average molecular weight is 490 g/mol. The molecule has 0 fully saturated rings. The number of esters is 1. The van der Waals surface area contributed by atoms with Gasteiger partial charge in [0, 0.05) is 11.6 Å². The minimum Gasteiger partial charge on any atom is -0.463 e. The highest BCUT2D eigenvalue weighted by Gasteiger charge is 2.33. The maximum atomic E-state index is 11.4. The highest BCUT2D eigenvalue weighted by Crippen LogP contribution is 2.40. The second kappa shape index (κ2) is 9.12. The number of hydrogen-bond acceptors (Lipinski definition) is 5. The van der Waals surface area contributed by atoms with Gasteiger partial charge in [-0.2, -0.15) is 0 Å². The quantitative estimate of drug-likeness (QED) is 0.310. The van der Waals surface area contributed by atoms with E-state index in [4.69, 9.17) is 74.3 Å². The molecule has 144 valence electrons. The van der Waals surface area contributed by atoms with Gasteiger partial charge in [0.25, 0.3) is 0 Å². The van der Waals surface area contributed by atoms with Gasteiger partial charge < -0.3 is 4.74 Å². The van der Waals surface area contributed by atoms with E-state index < -0.39 is 13.6 Å². The van der Waals surface area contributed by atoms with E-state index >= 15 is 0 Å². The first-order chi connectivity index (χ1) is 12.5. The molecular weight excluding hydrogens is 479 g/mol. The lowest BCUT2D eigenvalue weighted by Gasteiger charge is -2.15. The van der Waals surface area contributed by atoms with Gasteiger partial charge >= 0.3 is 5.97 Å². The Bertz CT molecular complexity index is 812. The van der Waals surface area contributed by atoms with Crippen LogP contribution in [0.15, 0.2) is 30.3 Å². The van der Waals surface area contributed by atoms with Gasteiger partial charge in [-0.25, -0.2) is 19.7 Å². The van der Waals surface area contributed by atoms with E-state index in [1.54, 1.807) is 37.3 Å². The monoisotopic (exact) mass is 487 g/mol. The summed E-state index contributed by atoms with van der Waals surface area (Å²) < 4.78 is 0.967. The van der Waals surface area contributed by atoms with Gasteiger partial charge in [0.15, 0.2) is 17.5 Å². The smallest absolute Gasteiger partial charge is 0.330 e. The molecule has 0 unspecified atom stereocenters. The molecule has 0 aliphatic carbocycles. The van der Waals surface area contributed by atoms with Crippen molar-refractivity contribution in [2.45, 2.75) is 14.5 Å². The summed E-state index contributed by atoms with van der Waals surface area (Å²) in [6.45, 7) is 2.03. The summed E-state index contributed by atoms with van der Waals surface area (Å²) in [5, 5.41) is 0. The van der Waals surface area contributed by atoms with Crippen molar-refractivity contribution in [1.29, 1.82) is 0 Å². The number of ether oxygens (including phenoxy) is 1. The second-order valence-electron chi connectivity index (χ2n) is 5.01. The van der Waals surface area contributed by atoms with Crippen molar-refractivity contribution in [3.8, 4) is 11.4 Å². The van der Waals surface area contributed by atoms with Gasteiger partial charge in [-0.05, 0) is 18.6 Å². The number of aromatic nitrogens is 3. The lowest BCUT2D eigenvalue weighted by atomic mass is 10.1. The molecule has 0 radical (unpaired) electrons. The van der Waals surface area contributed by atoms with Crippen LogP contribution in [-0.2, 0) is 17.1 Å². The third-order valence-corrected chi connectivity index (χ3v) is 4.02. The van der Waals surface area contributed by atoms with Crippen molar-refractivity contribution in [1.82, 2.24) is 15.0 Å². The molecule has 27 heavy (non-hydrogen) atoms. The molecule has 0 aliphatic heterocycles. The molecule has 2 aromatic rings. The van der Waals surface area contributed by atoms with Crippen molar-refractivity contribution in [2.24, 2.45) is 0 Å². The molecule has 1 aromatic carbocycles. The Balaban J connectivity index is 2.38. The second-order valence-corrected chi connectivity index (χ2v) is 9.57. The number of benzene rings is 1. The van der Waals surface area contributed by atoms with E-state index in [-0.39, 0.29) is 17.5 Å². The lowest BCUT2D eigenvalue weighted by Crippen LogP contribution is -2.16. The number of carbonyl (C=O) groups excluding carboxylic acids is 1. The lowest BCUT2D eigenvalue weighted by molar-refractivity contribution is -0.137. The van der Waals surface area contributed by atoms with Crippen LogP contribution in [0.1, 0.15) is 24.1 Å². The van der Waals surface area contributed by atoms with Gasteiger partial charge in [-0.15, -0.1) is 0 Å². The Morgan fingerprint density at radius 1 is 0.963 bits per heavy atom. The van der Waals surface area contributed by atoms with Crippen molar-refractivity contribution in [3.05, 3.63) is 47.6 Å².